The van der Waals surface area contributed by atoms with Crippen LogP contribution >= 0.6 is 11.3 Å². The lowest BCUT2D eigenvalue weighted by Gasteiger charge is -2.17. The van der Waals surface area contributed by atoms with Crippen LogP contribution in [0.2, 0.25) is 0 Å². The maximum atomic E-state index is 12.6. The lowest BCUT2D eigenvalue weighted by Crippen LogP contribution is -2.36. The summed E-state index contributed by atoms with van der Waals surface area (Å²) in [5.41, 5.74) is 1.61. The second kappa shape index (κ2) is 5.76. The summed E-state index contributed by atoms with van der Waals surface area (Å²) in [5, 5.41) is 16.5. The maximum absolute atomic E-state index is 12.6. The molecule has 1 unspecified atom stereocenters. The largest absolute Gasteiger partial charge is 0.387 e. The molecule has 5 heteroatoms. The Hall–Kier alpha value is -2.11. The molecule has 1 fully saturated rings. The zero-order valence-electron chi connectivity index (χ0n) is 13.5. The Labute approximate surface area is 144 Å². The SMILES string of the molecule is Cn1ccc2cc(C(O)CNC(=O)C3(c4cccs4)CC3)ccc21. The minimum Gasteiger partial charge on any atom is -0.387 e. The molecule has 2 aromatic heterocycles. The number of amides is 1. The quantitative estimate of drug-likeness (QED) is 0.750. The van der Waals surface area contributed by atoms with E-state index in [2.05, 4.69) is 5.32 Å². The number of aliphatic hydroxyl groups excluding tert-OH is 1. The van der Waals surface area contributed by atoms with E-state index < -0.39 is 6.10 Å². The van der Waals surface area contributed by atoms with Gasteiger partial charge in [-0.3, -0.25) is 4.79 Å². The van der Waals surface area contributed by atoms with Crippen molar-refractivity contribution in [3.8, 4) is 0 Å². The molecular formula is C19H20N2O2S. The van der Waals surface area contributed by atoms with Crippen LogP contribution < -0.4 is 5.32 Å². The molecule has 1 aliphatic rings. The Balaban J connectivity index is 1.44. The summed E-state index contributed by atoms with van der Waals surface area (Å²) < 4.78 is 2.05. The first-order valence-electron chi connectivity index (χ1n) is 8.15. The minimum atomic E-state index is -0.697. The molecule has 24 heavy (non-hydrogen) atoms. The number of aromatic nitrogens is 1. The number of hydrogen-bond donors (Lipinski definition) is 2. The van der Waals surface area contributed by atoms with Crippen LogP contribution in [0.5, 0.6) is 0 Å². The van der Waals surface area contributed by atoms with E-state index in [-0.39, 0.29) is 17.9 Å². The molecule has 3 aromatic rings. The fourth-order valence-corrected chi connectivity index (χ4v) is 4.23. The predicted molar refractivity (Wildman–Crippen MR) is 96.1 cm³/mol. The van der Waals surface area contributed by atoms with Crippen LogP contribution in [0.3, 0.4) is 0 Å². The van der Waals surface area contributed by atoms with E-state index in [0.29, 0.717) is 0 Å². The highest BCUT2D eigenvalue weighted by molar-refractivity contribution is 7.10. The van der Waals surface area contributed by atoms with Gasteiger partial charge in [-0.1, -0.05) is 12.1 Å². The van der Waals surface area contributed by atoms with Gasteiger partial charge in [-0.05, 0) is 53.4 Å². The van der Waals surface area contributed by atoms with Crippen molar-refractivity contribution >= 4 is 28.1 Å². The molecule has 1 atom stereocenters. The number of nitrogens with zero attached hydrogens (tertiary/aromatic N) is 1. The summed E-state index contributed by atoms with van der Waals surface area (Å²) in [6, 6.07) is 11.9. The monoisotopic (exact) mass is 340 g/mol. The molecule has 0 aliphatic heterocycles. The van der Waals surface area contributed by atoms with Crippen molar-refractivity contribution < 1.29 is 9.90 Å². The lowest BCUT2D eigenvalue weighted by atomic mass is 10.0. The van der Waals surface area contributed by atoms with E-state index in [1.807, 2.05) is 59.6 Å². The van der Waals surface area contributed by atoms with Gasteiger partial charge in [0.15, 0.2) is 0 Å². The fourth-order valence-electron chi connectivity index (χ4n) is 3.25. The van der Waals surface area contributed by atoms with Crippen molar-refractivity contribution in [3.63, 3.8) is 0 Å². The molecular weight excluding hydrogens is 320 g/mol. The van der Waals surface area contributed by atoms with E-state index >= 15 is 0 Å². The molecule has 0 bridgehead atoms. The standard InChI is InChI=1S/C19H20N2O2S/c1-21-9-6-13-11-14(4-5-15(13)21)16(22)12-20-18(23)19(7-8-19)17-3-2-10-24-17/h2-6,9-11,16,22H,7-8,12H2,1H3,(H,20,23). The van der Waals surface area contributed by atoms with Crippen LogP contribution in [0.1, 0.15) is 29.4 Å². The van der Waals surface area contributed by atoms with Gasteiger partial charge in [-0.25, -0.2) is 0 Å². The molecule has 1 aliphatic carbocycles. The van der Waals surface area contributed by atoms with Gasteiger partial charge in [0.05, 0.1) is 11.5 Å². The summed E-state index contributed by atoms with van der Waals surface area (Å²) in [5.74, 6) is 0.0322. The molecule has 0 radical (unpaired) electrons. The first-order chi connectivity index (χ1) is 11.6. The maximum Gasteiger partial charge on any atom is 0.231 e. The molecule has 1 aromatic carbocycles. The average Bonchev–Trinajstić information content (AvgIpc) is 3.05. The number of rotatable bonds is 5. The van der Waals surface area contributed by atoms with Crippen molar-refractivity contribution in [2.45, 2.75) is 24.4 Å². The molecule has 124 valence electrons. The number of fused-ring (bicyclic) bond motifs is 1. The number of nitrogens with one attached hydrogen (secondary N) is 1. The van der Waals surface area contributed by atoms with E-state index in [4.69, 9.17) is 0 Å². The number of thiophene rings is 1. The first-order valence-corrected chi connectivity index (χ1v) is 9.03. The molecule has 0 spiro atoms. The highest BCUT2D eigenvalue weighted by atomic mass is 32.1. The average molecular weight is 340 g/mol. The fraction of sp³-hybridized carbons (Fsp3) is 0.316. The van der Waals surface area contributed by atoms with Gasteiger partial charge in [-0.2, -0.15) is 0 Å². The number of aliphatic hydroxyl groups is 1. The van der Waals surface area contributed by atoms with Gasteiger partial charge in [0.25, 0.3) is 0 Å². The molecule has 2 heterocycles. The predicted octanol–water partition coefficient (Wildman–Crippen LogP) is 3.12. The van der Waals surface area contributed by atoms with Crippen LogP contribution in [0.25, 0.3) is 10.9 Å². The molecule has 1 saturated carbocycles. The van der Waals surface area contributed by atoms with E-state index in [1.165, 1.54) is 0 Å². The van der Waals surface area contributed by atoms with Crippen LogP contribution in [0, 0.1) is 0 Å². The summed E-state index contributed by atoms with van der Waals surface area (Å²) in [6.45, 7) is 0.240. The second-order valence-corrected chi connectivity index (χ2v) is 7.48. The van der Waals surface area contributed by atoms with Crippen molar-refractivity contribution in [1.29, 1.82) is 0 Å². The van der Waals surface area contributed by atoms with Gasteiger partial charge >= 0.3 is 0 Å². The number of aryl methyl sites for hydroxylation is 1. The third-order valence-electron chi connectivity index (χ3n) is 4.93. The highest BCUT2D eigenvalue weighted by Gasteiger charge is 2.52. The normalized spacial score (nSPS) is 16.9. The van der Waals surface area contributed by atoms with E-state index in [1.54, 1.807) is 11.3 Å². The Morgan fingerprint density at radius 2 is 2.21 bits per heavy atom. The number of carbonyl (C=O) groups excluding carboxylic acids is 1. The summed E-state index contributed by atoms with van der Waals surface area (Å²) >= 11 is 1.63. The number of benzene rings is 1. The number of carbonyl (C=O) groups is 1. The van der Waals surface area contributed by atoms with Gasteiger partial charge in [0.1, 0.15) is 0 Å². The topological polar surface area (TPSA) is 54.3 Å². The van der Waals surface area contributed by atoms with Crippen molar-refractivity contribution in [2.24, 2.45) is 7.05 Å². The van der Waals surface area contributed by atoms with Crippen molar-refractivity contribution in [2.75, 3.05) is 6.54 Å². The molecule has 2 N–H and O–H groups in total. The molecule has 1 amide bonds. The minimum absolute atomic E-state index is 0.0322. The van der Waals surface area contributed by atoms with Crippen LogP contribution in [0.4, 0.5) is 0 Å². The van der Waals surface area contributed by atoms with Gasteiger partial charge in [0.2, 0.25) is 5.91 Å². The Morgan fingerprint density at radius 1 is 1.38 bits per heavy atom. The third-order valence-corrected chi connectivity index (χ3v) is 6.00. The van der Waals surface area contributed by atoms with Gasteiger partial charge in [0, 0.05) is 30.2 Å². The van der Waals surface area contributed by atoms with E-state index in [0.717, 1.165) is 34.2 Å². The van der Waals surface area contributed by atoms with Crippen LogP contribution in [-0.2, 0) is 17.3 Å². The summed E-state index contributed by atoms with van der Waals surface area (Å²) in [4.78, 5) is 13.7. The molecule has 4 nitrogen and oxygen atoms in total. The Kier molecular flexibility index (Phi) is 3.70. The van der Waals surface area contributed by atoms with E-state index in [9.17, 15) is 9.90 Å². The van der Waals surface area contributed by atoms with Crippen molar-refractivity contribution in [3.05, 3.63) is 58.4 Å². The highest BCUT2D eigenvalue weighted by Crippen LogP contribution is 2.50. The molecule has 0 saturated heterocycles. The number of hydrogen-bond acceptors (Lipinski definition) is 3. The first kappa shape index (κ1) is 15.4. The third kappa shape index (κ3) is 2.54. The van der Waals surface area contributed by atoms with Gasteiger partial charge < -0.3 is 15.0 Å². The summed E-state index contributed by atoms with van der Waals surface area (Å²) in [6.07, 6.45) is 3.09. The zero-order chi connectivity index (χ0) is 16.7. The zero-order valence-corrected chi connectivity index (χ0v) is 14.3. The smallest absolute Gasteiger partial charge is 0.231 e. The lowest BCUT2D eigenvalue weighted by molar-refractivity contribution is -0.124. The second-order valence-electron chi connectivity index (χ2n) is 6.53. The van der Waals surface area contributed by atoms with Crippen molar-refractivity contribution in [1.82, 2.24) is 9.88 Å². The van der Waals surface area contributed by atoms with Gasteiger partial charge in [-0.15, -0.1) is 11.3 Å². The Bertz CT molecular complexity index is 878. The van der Waals surface area contributed by atoms with Crippen LogP contribution in [0.15, 0.2) is 48.0 Å². The Morgan fingerprint density at radius 3 is 2.92 bits per heavy atom. The summed E-state index contributed by atoms with van der Waals surface area (Å²) in [7, 11) is 2.00. The van der Waals surface area contributed by atoms with Crippen LogP contribution in [-0.4, -0.2) is 22.1 Å². The molecule has 4 rings (SSSR count).